The molecule has 0 heterocycles. The highest BCUT2D eigenvalue weighted by molar-refractivity contribution is 5.90. The Hall–Kier alpha value is -4.31. The summed E-state index contributed by atoms with van der Waals surface area (Å²) >= 11 is 0. The Labute approximate surface area is 179 Å². The molecule has 0 radical (unpaired) electrons. The third-order valence-corrected chi connectivity index (χ3v) is 4.36. The van der Waals surface area contributed by atoms with E-state index in [1.165, 1.54) is 19.2 Å². The molecule has 0 atom stereocenters. The fourth-order valence-corrected chi connectivity index (χ4v) is 2.83. The highest BCUT2D eigenvalue weighted by Gasteiger charge is 2.09. The zero-order valence-electron chi connectivity index (χ0n) is 16.9. The van der Waals surface area contributed by atoms with E-state index in [4.69, 9.17) is 14.2 Å². The van der Waals surface area contributed by atoms with E-state index in [1.807, 2.05) is 30.3 Å². The Balaban J connectivity index is 1.69. The van der Waals surface area contributed by atoms with Crippen molar-refractivity contribution in [1.29, 1.82) is 5.26 Å². The fourth-order valence-electron chi connectivity index (χ4n) is 2.83. The van der Waals surface area contributed by atoms with Gasteiger partial charge in [0.05, 0.1) is 23.7 Å². The molecule has 3 aromatic carbocycles. The van der Waals surface area contributed by atoms with Gasteiger partial charge >= 0.3 is 0 Å². The molecule has 0 saturated heterocycles. The number of nitro groups is 1. The third kappa shape index (κ3) is 5.84. The monoisotopic (exact) mass is 416 g/mol. The normalized spacial score (nSPS) is 10.8. The molecule has 3 aromatic rings. The van der Waals surface area contributed by atoms with Crippen LogP contribution in [0.2, 0.25) is 0 Å². The van der Waals surface area contributed by atoms with Gasteiger partial charge in [-0.05, 0) is 53.6 Å². The maximum absolute atomic E-state index is 10.8. The smallest absolute Gasteiger partial charge is 0.269 e. The van der Waals surface area contributed by atoms with Crippen molar-refractivity contribution in [3.05, 3.63) is 94.0 Å². The van der Waals surface area contributed by atoms with Crippen molar-refractivity contribution in [2.24, 2.45) is 0 Å². The lowest BCUT2D eigenvalue weighted by Gasteiger charge is -2.12. The average Bonchev–Trinajstić information content (AvgIpc) is 2.81. The lowest BCUT2D eigenvalue weighted by molar-refractivity contribution is -0.384. The highest BCUT2D eigenvalue weighted by atomic mass is 16.6. The van der Waals surface area contributed by atoms with Crippen molar-refractivity contribution in [2.75, 3.05) is 20.3 Å². The van der Waals surface area contributed by atoms with Crippen LogP contribution in [-0.4, -0.2) is 25.2 Å². The number of hydrogen-bond donors (Lipinski definition) is 0. The van der Waals surface area contributed by atoms with Crippen LogP contribution in [0.15, 0.2) is 72.8 Å². The number of non-ortho nitro benzene ring substituents is 1. The number of nitro benzene ring substituents is 1. The van der Waals surface area contributed by atoms with Gasteiger partial charge in [0, 0.05) is 12.1 Å². The summed E-state index contributed by atoms with van der Waals surface area (Å²) in [6.07, 6.45) is 1.69. The predicted octanol–water partition coefficient (Wildman–Crippen LogP) is 5.13. The molecule has 156 valence electrons. The van der Waals surface area contributed by atoms with Crippen LogP contribution in [-0.2, 0) is 0 Å². The van der Waals surface area contributed by atoms with Gasteiger partial charge in [0.25, 0.3) is 5.69 Å². The van der Waals surface area contributed by atoms with Crippen LogP contribution in [0.25, 0.3) is 11.6 Å². The molecule has 0 aliphatic carbocycles. The van der Waals surface area contributed by atoms with Crippen molar-refractivity contribution in [3.63, 3.8) is 0 Å². The Morgan fingerprint density at radius 2 is 1.71 bits per heavy atom. The number of nitrogens with zero attached hydrogens (tertiary/aromatic N) is 2. The number of ether oxygens (including phenoxy) is 3. The molecule has 7 heteroatoms. The highest BCUT2D eigenvalue weighted by Crippen LogP contribution is 2.30. The molecule has 0 bridgehead atoms. The van der Waals surface area contributed by atoms with Crippen molar-refractivity contribution in [2.45, 2.75) is 0 Å². The zero-order valence-corrected chi connectivity index (χ0v) is 16.9. The first-order chi connectivity index (χ1) is 15.1. The summed E-state index contributed by atoms with van der Waals surface area (Å²) in [6, 6.07) is 22.8. The lowest BCUT2D eigenvalue weighted by atomic mass is 10.0. The molecule has 7 nitrogen and oxygen atoms in total. The number of allylic oxidation sites excluding steroid dienone is 1. The maximum Gasteiger partial charge on any atom is 0.269 e. The molecular formula is C24H20N2O5. The summed E-state index contributed by atoms with van der Waals surface area (Å²) in [6.45, 7) is 0.722. The van der Waals surface area contributed by atoms with Crippen LogP contribution in [0, 0.1) is 21.4 Å². The predicted molar refractivity (Wildman–Crippen MR) is 117 cm³/mol. The molecule has 0 amide bonds. The summed E-state index contributed by atoms with van der Waals surface area (Å²) in [5.41, 5.74) is 1.67. The number of hydrogen-bond acceptors (Lipinski definition) is 6. The van der Waals surface area contributed by atoms with Gasteiger partial charge in [-0.1, -0.05) is 24.3 Å². The molecule has 0 aliphatic heterocycles. The van der Waals surface area contributed by atoms with Crippen molar-refractivity contribution < 1.29 is 19.1 Å². The minimum atomic E-state index is -0.478. The summed E-state index contributed by atoms with van der Waals surface area (Å²) < 4.78 is 16.8. The second kappa shape index (κ2) is 10.5. The second-order valence-corrected chi connectivity index (χ2v) is 6.39. The van der Waals surface area contributed by atoms with E-state index in [0.717, 1.165) is 11.3 Å². The van der Waals surface area contributed by atoms with Gasteiger partial charge in [-0.25, -0.2) is 0 Å². The Bertz CT molecular complexity index is 1100. The minimum absolute atomic E-state index is 0.0274. The van der Waals surface area contributed by atoms with Gasteiger partial charge in [0.1, 0.15) is 19.0 Å². The molecule has 0 N–H and O–H groups in total. The topological polar surface area (TPSA) is 94.6 Å². The van der Waals surface area contributed by atoms with Gasteiger partial charge in [0.2, 0.25) is 0 Å². The minimum Gasteiger partial charge on any atom is -0.493 e. The standard InChI is InChI=1S/C24H20N2O5/c1-29-24-16-18(15-20(17-25)19-8-10-21(11-9-19)26(27)28)7-12-23(24)31-14-13-30-22-5-3-2-4-6-22/h2-12,15-16H,13-14H2,1H3. The molecular weight excluding hydrogens is 396 g/mol. The lowest BCUT2D eigenvalue weighted by Crippen LogP contribution is -2.09. The Morgan fingerprint density at radius 1 is 1.00 bits per heavy atom. The van der Waals surface area contributed by atoms with Crippen molar-refractivity contribution in [3.8, 4) is 23.3 Å². The zero-order chi connectivity index (χ0) is 22.1. The van der Waals surface area contributed by atoms with E-state index in [9.17, 15) is 15.4 Å². The largest absolute Gasteiger partial charge is 0.493 e. The van der Waals surface area contributed by atoms with Crippen LogP contribution in [0.4, 0.5) is 5.69 Å². The molecule has 3 rings (SSSR count). The first-order valence-electron chi connectivity index (χ1n) is 9.46. The fraction of sp³-hybridized carbons (Fsp3) is 0.125. The van der Waals surface area contributed by atoms with E-state index < -0.39 is 4.92 Å². The Kier molecular flexibility index (Phi) is 7.22. The summed E-state index contributed by atoms with van der Waals surface area (Å²) in [7, 11) is 1.54. The van der Waals surface area contributed by atoms with Crippen LogP contribution in [0.5, 0.6) is 17.2 Å². The van der Waals surface area contributed by atoms with Gasteiger partial charge in [-0.3, -0.25) is 10.1 Å². The van der Waals surface area contributed by atoms with Crippen molar-refractivity contribution >= 4 is 17.3 Å². The molecule has 0 saturated carbocycles. The number of benzene rings is 3. The van der Waals surface area contributed by atoms with Gasteiger partial charge in [-0.2, -0.15) is 5.26 Å². The molecule has 0 unspecified atom stereocenters. The summed E-state index contributed by atoms with van der Waals surface area (Å²) in [5.74, 6) is 1.86. The first kappa shape index (κ1) is 21.4. The Morgan fingerprint density at radius 3 is 2.35 bits per heavy atom. The van der Waals surface area contributed by atoms with Crippen molar-refractivity contribution in [1.82, 2.24) is 0 Å². The van der Waals surface area contributed by atoms with E-state index >= 15 is 0 Å². The van der Waals surface area contributed by atoms with Gasteiger partial charge in [-0.15, -0.1) is 0 Å². The van der Waals surface area contributed by atoms with Crippen LogP contribution in [0.3, 0.4) is 0 Å². The average molecular weight is 416 g/mol. The quantitative estimate of drug-likeness (QED) is 0.158. The summed E-state index contributed by atoms with van der Waals surface area (Å²) in [4.78, 5) is 10.3. The number of para-hydroxylation sites is 1. The van der Waals surface area contributed by atoms with Crippen LogP contribution >= 0.6 is 0 Å². The number of rotatable bonds is 9. The van der Waals surface area contributed by atoms with Gasteiger partial charge in [0.15, 0.2) is 11.5 Å². The van der Waals surface area contributed by atoms with E-state index in [-0.39, 0.29) is 5.69 Å². The maximum atomic E-state index is 10.8. The molecule has 0 aromatic heterocycles. The molecule has 0 fully saturated rings. The van der Waals surface area contributed by atoms with Gasteiger partial charge < -0.3 is 14.2 Å². The number of nitriles is 1. The summed E-state index contributed by atoms with van der Waals surface area (Å²) in [5, 5.41) is 20.3. The third-order valence-electron chi connectivity index (χ3n) is 4.36. The SMILES string of the molecule is COc1cc(C=C(C#N)c2ccc([N+](=O)[O-])cc2)ccc1OCCOc1ccccc1. The van der Waals surface area contributed by atoms with Crippen LogP contribution < -0.4 is 14.2 Å². The van der Waals surface area contributed by atoms with E-state index in [0.29, 0.717) is 35.8 Å². The second-order valence-electron chi connectivity index (χ2n) is 6.39. The molecule has 0 aliphatic rings. The van der Waals surface area contributed by atoms with Crippen LogP contribution in [0.1, 0.15) is 11.1 Å². The van der Waals surface area contributed by atoms with E-state index in [1.54, 1.807) is 36.4 Å². The first-order valence-corrected chi connectivity index (χ1v) is 9.46. The molecule has 0 spiro atoms. The van der Waals surface area contributed by atoms with E-state index in [2.05, 4.69) is 6.07 Å². The number of methoxy groups -OCH3 is 1. The molecule has 31 heavy (non-hydrogen) atoms.